The molecule has 2 fully saturated rings. The van der Waals surface area contributed by atoms with Crippen molar-refractivity contribution in [2.45, 2.75) is 50.6 Å². The number of ketones is 1. The van der Waals surface area contributed by atoms with Crippen molar-refractivity contribution in [3.05, 3.63) is 36.0 Å². The number of fused-ring (bicyclic) bond motifs is 3. The summed E-state index contributed by atoms with van der Waals surface area (Å²) < 4.78 is 2.16. The Morgan fingerprint density at radius 2 is 2.04 bits per heavy atom. The Hall–Kier alpha value is -1.61. The lowest BCUT2D eigenvalue weighted by Crippen LogP contribution is -2.48. The van der Waals surface area contributed by atoms with Crippen LogP contribution in [0, 0.1) is 5.92 Å². The molecule has 0 radical (unpaired) electrons. The van der Waals surface area contributed by atoms with Crippen LogP contribution in [-0.4, -0.2) is 34.4 Å². The summed E-state index contributed by atoms with van der Waals surface area (Å²) in [5, 5.41) is 1.29. The van der Waals surface area contributed by atoms with Gasteiger partial charge in [-0.15, -0.1) is 0 Å². The SMILES string of the molecule is CCC(=O)[C@H]1[C@@H](c2ccc3c(ccn3C)c2)C[C@@H]2CC[C@H]1N2C. The molecule has 122 valence electrons. The molecule has 0 aliphatic carbocycles. The van der Waals surface area contributed by atoms with E-state index in [0.29, 0.717) is 30.2 Å². The van der Waals surface area contributed by atoms with Crippen LogP contribution < -0.4 is 0 Å². The summed E-state index contributed by atoms with van der Waals surface area (Å²) in [5.41, 5.74) is 2.63. The Bertz CT molecular complexity index is 747. The molecule has 0 spiro atoms. The van der Waals surface area contributed by atoms with Crippen molar-refractivity contribution in [1.29, 1.82) is 0 Å². The summed E-state index contributed by atoms with van der Waals surface area (Å²) in [6, 6.07) is 10.1. The van der Waals surface area contributed by atoms with Crippen LogP contribution in [0.15, 0.2) is 30.5 Å². The van der Waals surface area contributed by atoms with Gasteiger partial charge in [0.25, 0.3) is 0 Å². The van der Waals surface area contributed by atoms with Crippen molar-refractivity contribution < 1.29 is 4.79 Å². The van der Waals surface area contributed by atoms with Crippen molar-refractivity contribution in [2.24, 2.45) is 13.0 Å². The number of rotatable bonds is 3. The van der Waals surface area contributed by atoms with E-state index in [1.807, 2.05) is 6.92 Å². The van der Waals surface area contributed by atoms with Gasteiger partial charge in [-0.25, -0.2) is 0 Å². The number of carbonyl (C=O) groups is 1. The lowest BCUT2D eigenvalue weighted by molar-refractivity contribution is -0.126. The average Bonchev–Trinajstić information content (AvgIpc) is 3.03. The zero-order valence-electron chi connectivity index (χ0n) is 14.3. The van der Waals surface area contributed by atoms with Gasteiger partial charge in [0.05, 0.1) is 0 Å². The molecule has 2 aliphatic heterocycles. The second kappa shape index (κ2) is 5.48. The van der Waals surface area contributed by atoms with Crippen LogP contribution in [0.1, 0.15) is 44.1 Å². The maximum Gasteiger partial charge on any atom is 0.137 e. The van der Waals surface area contributed by atoms with E-state index in [1.54, 1.807) is 0 Å². The first kappa shape index (κ1) is 14.9. The minimum Gasteiger partial charge on any atom is -0.351 e. The van der Waals surface area contributed by atoms with E-state index < -0.39 is 0 Å². The molecule has 1 aromatic carbocycles. The molecule has 0 N–H and O–H groups in total. The molecule has 3 nitrogen and oxygen atoms in total. The van der Waals surface area contributed by atoms with Crippen LogP contribution in [-0.2, 0) is 11.8 Å². The van der Waals surface area contributed by atoms with Gasteiger partial charge in [-0.1, -0.05) is 13.0 Å². The number of hydrogen-bond acceptors (Lipinski definition) is 2. The highest BCUT2D eigenvalue weighted by Crippen LogP contribution is 2.47. The Kier molecular flexibility index (Phi) is 3.56. The molecule has 2 aliphatic rings. The number of carbonyl (C=O) groups excluding carboxylic acids is 1. The van der Waals surface area contributed by atoms with E-state index in [2.05, 4.69) is 54.0 Å². The number of aryl methyl sites for hydroxylation is 1. The third kappa shape index (κ3) is 2.25. The third-order valence-corrected chi connectivity index (χ3v) is 6.33. The lowest BCUT2D eigenvalue weighted by atomic mass is 9.73. The summed E-state index contributed by atoms with van der Waals surface area (Å²) in [4.78, 5) is 15.2. The van der Waals surface area contributed by atoms with Crippen molar-refractivity contribution in [2.75, 3.05) is 7.05 Å². The lowest BCUT2D eigenvalue weighted by Gasteiger charge is -2.42. The Balaban J connectivity index is 1.76. The predicted octanol–water partition coefficient (Wildman–Crippen LogP) is 3.72. The molecule has 4 atom stereocenters. The van der Waals surface area contributed by atoms with Crippen molar-refractivity contribution in [3.8, 4) is 0 Å². The van der Waals surface area contributed by atoms with E-state index in [-0.39, 0.29) is 5.92 Å². The normalized spacial score (nSPS) is 30.9. The number of piperidine rings is 1. The number of Topliss-reactive ketones (excluding diaryl/α,β-unsaturated/α-hetero) is 1. The first-order valence-electron chi connectivity index (χ1n) is 8.89. The molecule has 1 aromatic heterocycles. The predicted molar refractivity (Wildman–Crippen MR) is 93.6 cm³/mol. The summed E-state index contributed by atoms with van der Waals surface area (Å²) in [6.45, 7) is 2.01. The largest absolute Gasteiger partial charge is 0.351 e. The van der Waals surface area contributed by atoms with E-state index in [1.165, 1.54) is 29.3 Å². The quantitative estimate of drug-likeness (QED) is 0.863. The highest BCUT2D eigenvalue weighted by molar-refractivity contribution is 5.84. The van der Waals surface area contributed by atoms with Gasteiger partial charge in [-0.2, -0.15) is 0 Å². The topological polar surface area (TPSA) is 25.2 Å². The molecule has 4 rings (SSSR count). The number of nitrogens with zero attached hydrogens (tertiary/aromatic N) is 2. The maximum atomic E-state index is 12.7. The van der Waals surface area contributed by atoms with Gasteiger partial charge in [0.2, 0.25) is 0 Å². The molecular formula is C20H26N2O. The first-order valence-corrected chi connectivity index (χ1v) is 8.89. The molecule has 2 bridgehead atoms. The van der Waals surface area contributed by atoms with Crippen LogP contribution in [0.5, 0.6) is 0 Å². The van der Waals surface area contributed by atoms with Crippen LogP contribution in [0.25, 0.3) is 10.9 Å². The molecule has 0 unspecified atom stereocenters. The second-order valence-electron chi connectivity index (χ2n) is 7.40. The maximum absolute atomic E-state index is 12.7. The van der Waals surface area contributed by atoms with Gasteiger partial charge in [-0.3, -0.25) is 9.69 Å². The molecule has 2 aromatic rings. The smallest absolute Gasteiger partial charge is 0.137 e. The van der Waals surface area contributed by atoms with Crippen LogP contribution in [0.4, 0.5) is 0 Å². The number of hydrogen-bond donors (Lipinski definition) is 0. The van der Waals surface area contributed by atoms with E-state index in [9.17, 15) is 4.79 Å². The Labute approximate surface area is 138 Å². The van der Waals surface area contributed by atoms with E-state index in [0.717, 1.165) is 6.42 Å². The Morgan fingerprint density at radius 1 is 1.22 bits per heavy atom. The van der Waals surface area contributed by atoms with E-state index in [4.69, 9.17) is 0 Å². The van der Waals surface area contributed by atoms with Gasteiger partial charge < -0.3 is 4.57 Å². The molecule has 3 heteroatoms. The first-order chi connectivity index (χ1) is 11.1. The number of aromatic nitrogens is 1. The van der Waals surface area contributed by atoms with Crippen molar-refractivity contribution >= 4 is 16.7 Å². The highest BCUT2D eigenvalue weighted by atomic mass is 16.1. The van der Waals surface area contributed by atoms with Crippen LogP contribution in [0.2, 0.25) is 0 Å². The third-order valence-electron chi connectivity index (χ3n) is 6.33. The zero-order chi connectivity index (χ0) is 16.1. The fourth-order valence-corrected chi connectivity index (χ4v) is 5.01. The zero-order valence-corrected chi connectivity index (χ0v) is 14.3. The van der Waals surface area contributed by atoms with Crippen LogP contribution in [0.3, 0.4) is 0 Å². The fourth-order valence-electron chi connectivity index (χ4n) is 5.01. The molecule has 23 heavy (non-hydrogen) atoms. The highest BCUT2D eigenvalue weighted by Gasteiger charge is 2.48. The van der Waals surface area contributed by atoms with Gasteiger partial charge >= 0.3 is 0 Å². The molecular weight excluding hydrogens is 284 g/mol. The summed E-state index contributed by atoms with van der Waals surface area (Å²) >= 11 is 0. The van der Waals surface area contributed by atoms with Gasteiger partial charge in [0.1, 0.15) is 5.78 Å². The van der Waals surface area contributed by atoms with Gasteiger partial charge in [0, 0.05) is 43.2 Å². The molecule has 0 amide bonds. The summed E-state index contributed by atoms with van der Waals surface area (Å²) in [7, 11) is 4.30. The Morgan fingerprint density at radius 3 is 2.83 bits per heavy atom. The van der Waals surface area contributed by atoms with Crippen LogP contribution >= 0.6 is 0 Å². The second-order valence-corrected chi connectivity index (χ2v) is 7.40. The van der Waals surface area contributed by atoms with Crippen molar-refractivity contribution in [3.63, 3.8) is 0 Å². The molecule has 2 saturated heterocycles. The molecule has 0 saturated carbocycles. The van der Waals surface area contributed by atoms with Crippen molar-refractivity contribution in [1.82, 2.24) is 9.47 Å². The summed E-state index contributed by atoms with van der Waals surface area (Å²) in [5.74, 6) is 1.01. The van der Waals surface area contributed by atoms with Gasteiger partial charge in [-0.05, 0) is 61.4 Å². The molecule has 3 heterocycles. The van der Waals surface area contributed by atoms with E-state index >= 15 is 0 Å². The standard InChI is InChI=1S/C20H26N2O/c1-4-19(23)20-16(12-15-6-8-18(20)22(15)3)13-5-7-17-14(11-13)9-10-21(17)2/h5,7,9-11,15-16,18,20H,4,6,8,12H2,1-3H3/t15-,16+,18+,20-/m0/s1. The minimum absolute atomic E-state index is 0.171. The average molecular weight is 310 g/mol. The summed E-state index contributed by atoms with van der Waals surface area (Å²) in [6.07, 6.45) is 6.33. The fraction of sp³-hybridized carbons (Fsp3) is 0.550. The minimum atomic E-state index is 0.171. The monoisotopic (exact) mass is 310 g/mol. The van der Waals surface area contributed by atoms with Gasteiger partial charge in [0.15, 0.2) is 0 Å². The number of benzene rings is 1.